The van der Waals surface area contributed by atoms with E-state index in [1.807, 2.05) is 0 Å². The van der Waals surface area contributed by atoms with Crippen LogP contribution in [-0.4, -0.2) is 23.4 Å². The van der Waals surface area contributed by atoms with Gasteiger partial charge in [0.15, 0.2) is 6.29 Å². The summed E-state index contributed by atoms with van der Waals surface area (Å²) in [7, 11) is 1.41. The number of carbonyl (C=O) groups is 1. The molecule has 1 heterocycles. The largest absolute Gasteiger partial charge is 0.480 e. The van der Waals surface area contributed by atoms with E-state index in [1.54, 1.807) is 0 Å². The Balaban J connectivity index is 3.24. The normalized spacial score (nSPS) is 9.27. The second-order valence-electron chi connectivity index (χ2n) is 1.71. The third kappa shape index (κ3) is 1.46. The summed E-state index contributed by atoms with van der Waals surface area (Å²) in [5, 5.41) is 0.104. The topological polar surface area (TPSA) is 52.1 Å². The lowest BCUT2D eigenvalue weighted by molar-refractivity contribution is 0.111. The van der Waals surface area contributed by atoms with Crippen LogP contribution in [-0.2, 0) is 0 Å². The summed E-state index contributed by atoms with van der Waals surface area (Å²) in [5.74, 6) is 0.194. The Morgan fingerprint density at radius 3 is 2.82 bits per heavy atom. The summed E-state index contributed by atoms with van der Waals surface area (Å²) >= 11 is 5.55. The summed E-state index contributed by atoms with van der Waals surface area (Å²) in [4.78, 5) is 17.6. The molecule has 0 aliphatic heterocycles. The molecule has 0 amide bonds. The predicted octanol–water partition coefficient (Wildman–Crippen LogP) is 0.951. The molecule has 0 N–H and O–H groups in total. The van der Waals surface area contributed by atoms with Gasteiger partial charge in [0.05, 0.1) is 7.11 Å². The van der Waals surface area contributed by atoms with Crippen molar-refractivity contribution < 1.29 is 9.53 Å². The van der Waals surface area contributed by atoms with Gasteiger partial charge in [-0.2, -0.15) is 0 Å². The van der Waals surface area contributed by atoms with Gasteiger partial charge in [-0.3, -0.25) is 4.79 Å². The molecular weight excluding hydrogens is 168 g/mol. The summed E-state index contributed by atoms with van der Waals surface area (Å²) in [6, 6.07) is 0. The van der Waals surface area contributed by atoms with E-state index >= 15 is 0 Å². The smallest absolute Gasteiger partial charge is 0.228 e. The van der Waals surface area contributed by atoms with Crippen molar-refractivity contribution in [1.29, 1.82) is 0 Å². The fourth-order valence-corrected chi connectivity index (χ4v) is 0.790. The van der Waals surface area contributed by atoms with Crippen LogP contribution in [0.2, 0.25) is 5.15 Å². The van der Waals surface area contributed by atoms with Gasteiger partial charge < -0.3 is 4.74 Å². The highest BCUT2D eigenvalue weighted by molar-refractivity contribution is 6.31. The van der Waals surface area contributed by atoms with Crippen molar-refractivity contribution in [1.82, 2.24) is 9.97 Å². The number of nitrogens with zero attached hydrogens (tertiary/aromatic N) is 2. The van der Waals surface area contributed by atoms with E-state index < -0.39 is 0 Å². The minimum atomic E-state index is 0.104. The van der Waals surface area contributed by atoms with Crippen LogP contribution >= 0.6 is 11.6 Å². The molecule has 0 saturated carbocycles. The maximum absolute atomic E-state index is 10.4. The molecule has 0 saturated heterocycles. The molecule has 0 bridgehead atoms. The van der Waals surface area contributed by atoms with Crippen LogP contribution in [0.3, 0.4) is 0 Å². The quantitative estimate of drug-likeness (QED) is 0.492. The zero-order valence-corrected chi connectivity index (χ0v) is 6.50. The molecule has 0 spiro atoms. The zero-order valence-electron chi connectivity index (χ0n) is 5.74. The van der Waals surface area contributed by atoms with E-state index in [4.69, 9.17) is 16.3 Å². The van der Waals surface area contributed by atoms with Crippen molar-refractivity contribution in [2.24, 2.45) is 0 Å². The third-order valence-electron chi connectivity index (χ3n) is 1.11. The summed E-state index contributed by atoms with van der Waals surface area (Å²) in [6.07, 6.45) is 1.79. The maximum Gasteiger partial charge on any atom is 0.228 e. The van der Waals surface area contributed by atoms with Crippen molar-refractivity contribution in [3.8, 4) is 5.88 Å². The van der Waals surface area contributed by atoms with Crippen LogP contribution < -0.4 is 4.74 Å². The van der Waals surface area contributed by atoms with Crippen molar-refractivity contribution >= 4 is 17.9 Å². The zero-order chi connectivity index (χ0) is 8.27. The first kappa shape index (κ1) is 7.94. The molecule has 1 aromatic heterocycles. The van der Waals surface area contributed by atoms with E-state index in [-0.39, 0.29) is 16.6 Å². The van der Waals surface area contributed by atoms with E-state index in [0.717, 1.165) is 0 Å². The first-order valence-electron chi connectivity index (χ1n) is 2.79. The lowest BCUT2D eigenvalue weighted by Crippen LogP contribution is -1.96. The summed E-state index contributed by atoms with van der Waals surface area (Å²) in [5.41, 5.74) is 0.177. The van der Waals surface area contributed by atoms with Crippen LogP contribution in [0.25, 0.3) is 0 Å². The van der Waals surface area contributed by atoms with Crippen molar-refractivity contribution in [3.05, 3.63) is 17.0 Å². The standard InChI is InChI=1S/C6H5ClN2O2/c1-11-6-4(2-10)5(7)8-3-9-6/h2-3H,1H3. The van der Waals surface area contributed by atoms with Crippen molar-refractivity contribution in [2.75, 3.05) is 7.11 Å². The number of hydrogen-bond acceptors (Lipinski definition) is 4. The Kier molecular flexibility index (Phi) is 2.38. The van der Waals surface area contributed by atoms with Crippen LogP contribution in [0, 0.1) is 0 Å². The maximum atomic E-state index is 10.4. The lowest BCUT2D eigenvalue weighted by atomic mass is 10.4. The second kappa shape index (κ2) is 3.30. The van der Waals surface area contributed by atoms with Crippen molar-refractivity contribution in [3.63, 3.8) is 0 Å². The molecule has 5 heteroatoms. The number of hydrogen-bond donors (Lipinski definition) is 0. The van der Waals surface area contributed by atoms with Gasteiger partial charge in [0, 0.05) is 0 Å². The van der Waals surface area contributed by atoms with Gasteiger partial charge in [-0.1, -0.05) is 11.6 Å². The van der Waals surface area contributed by atoms with Gasteiger partial charge in [-0.05, 0) is 0 Å². The molecular formula is C6H5ClN2O2. The number of aromatic nitrogens is 2. The van der Waals surface area contributed by atoms with E-state index in [2.05, 4.69) is 9.97 Å². The van der Waals surface area contributed by atoms with E-state index in [1.165, 1.54) is 13.4 Å². The Labute approximate surface area is 68.2 Å². The molecule has 0 aliphatic rings. The highest BCUT2D eigenvalue weighted by Gasteiger charge is 2.07. The predicted molar refractivity (Wildman–Crippen MR) is 39.0 cm³/mol. The first-order valence-corrected chi connectivity index (χ1v) is 3.17. The number of carbonyl (C=O) groups excluding carboxylic acids is 1. The Morgan fingerprint density at radius 1 is 1.64 bits per heavy atom. The summed E-state index contributed by atoms with van der Waals surface area (Å²) < 4.78 is 4.75. The van der Waals surface area contributed by atoms with Gasteiger partial charge in [-0.15, -0.1) is 0 Å². The Morgan fingerprint density at radius 2 is 2.36 bits per heavy atom. The van der Waals surface area contributed by atoms with Gasteiger partial charge >= 0.3 is 0 Å². The summed E-state index contributed by atoms with van der Waals surface area (Å²) in [6.45, 7) is 0. The minimum absolute atomic E-state index is 0.104. The average molecular weight is 173 g/mol. The Hall–Kier alpha value is -1.16. The minimum Gasteiger partial charge on any atom is -0.480 e. The van der Waals surface area contributed by atoms with Crippen LogP contribution in [0.5, 0.6) is 5.88 Å². The fraction of sp³-hybridized carbons (Fsp3) is 0.167. The number of aldehydes is 1. The molecule has 0 fully saturated rings. The lowest BCUT2D eigenvalue weighted by Gasteiger charge is -2.00. The number of rotatable bonds is 2. The monoisotopic (exact) mass is 172 g/mol. The molecule has 1 rings (SSSR count). The van der Waals surface area contributed by atoms with Gasteiger partial charge in [0.1, 0.15) is 17.0 Å². The SMILES string of the molecule is COc1ncnc(Cl)c1C=O. The molecule has 0 aliphatic carbocycles. The average Bonchev–Trinajstić information content (AvgIpc) is 2.04. The Bertz CT molecular complexity index is 277. The van der Waals surface area contributed by atoms with E-state index in [9.17, 15) is 4.79 Å². The highest BCUT2D eigenvalue weighted by atomic mass is 35.5. The molecule has 58 valence electrons. The number of ether oxygens (including phenoxy) is 1. The fourth-order valence-electron chi connectivity index (χ4n) is 0.621. The van der Waals surface area contributed by atoms with Crippen LogP contribution in [0.4, 0.5) is 0 Å². The third-order valence-corrected chi connectivity index (χ3v) is 1.41. The first-order chi connectivity index (χ1) is 5.29. The number of halogens is 1. The number of methoxy groups -OCH3 is 1. The van der Waals surface area contributed by atoms with Crippen LogP contribution in [0.15, 0.2) is 6.33 Å². The molecule has 0 unspecified atom stereocenters. The van der Waals surface area contributed by atoms with Gasteiger partial charge in [-0.25, -0.2) is 9.97 Å². The molecule has 4 nitrogen and oxygen atoms in total. The van der Waals surface area contributed by atoms with Crippen LogP contribution in [0.1, 0.15) is 10.4 Å². The highest BCUT2D eigenvalue weighted by Crippen LogP contribution is 2.18. The van der Waals surface area contributed by atoms with Gasteiger partial charge in [0.25, 0.3) is 0 Å². The molecule has 0 aromatic carbocycles. The van der Waals surface area contributed by atoms with E-state index in [0.29, 0.717) is 6.29 Å². The molecule has 0 radical (unpaired) electrons. The second-order valence-corrected chi connectivity index (χ2v) is 2.06. The molecule has 1 aromatic rings. The van der Waals surface area contributed by atoms with Crippen molar-refractivity contribution in [2.45, 2.75) is 0 Å². The molecule has 11 heavy (non-hydrogen) atoms. The van der Waals surface area contributed by atoms with Gasteiger partial charge in [0.2, 0.25) is 5.88 Å². The molecule has 0 atom stereocenters.